The van der Waals surface area contributed by atoms with Crippen LogP contribution in [-0.4, -0.2) is 21.4 Å². The highest BCUT2D eigenvalue weighted by atomic mass is 16.6. The predicted molar refractivity (Wildman–Crippen MR) is 88.5 cm³/mol. The third-order valence-corrected chi connectivity index (χ3v) is 4.76. The Bertz CT molecular complexity index is 697. The van der Waals surface area contributed by atoms with Crippen LogP contribution in [0.4, 0.5) is 11.5 Å². The van der Waals surface area contributed by atoms with Gasteiger partial charge >= 0.3 is 5.69 Å². The SMILES string of the molecule is Cc1ccnc(NCC2(c3ccncc3)CCCC2)c1[N+](=O)[O-]. The molecule has 0 unspecified atom stereocenters. The number of aryl methyl sites for hydroxylation is 1. The number of anilines is 1. The number of pyridine rings is 2. The van der Waals surface area contributed by atoms with Crippen LogP contribution in [-0.2, 0) is 5.41 Å². The topological polar surface area (TPSA) is 81.0 Å². The fourth-order valence-electron chi connectivity index (χ4n) is 3.49. The van der Waals surface area contributed by atoms with E-state index < -0.39 is 0 Å². The Morgan fingerprint density at radius 1 is 1.22 bits per heavy atom. The zero-order valence-electron chi connectivity index (χ0n) is 13.2. The van der Waals surface area contributed by atoms with Crippen LogP contribution in [0.3, 0.4) is 0 Å². The van der Waals surface area contributed by atoms with Crippen molar-refractivity contribution in [1.82, 2.24) is 9.97 Å². The minimum atomic E-state index is -0.363. The van der Waals surface area contributed by atoms with Crippen LogP contribution in [0.25, 0.3) is 0 Å². The van der Waals surface area contributed by atoms with E-state index in [2.05, 4.69) is 15.3 Å². The van der Waals surface area contributed by atoms with Gasteiger partial charge in [0.1, 0.15) is 0 Å². The summed E-state index contributed by atoms with van der Waals surface area (Å²) >= 11 is 0. The van der Waals surface area contributed by atoms with Crippen LogP contribution >= 0.6 is 0 Å². The van der Waals surface area contributed by atoms with Gasteiger partial charge in [0.25, 0.3) is 0 Å². The van der Waals surface area contributed by atoms with Crippen LogP contribution in [0.1, 0.15) is 36.8 Å². The minimum Gasteiger partial charge on any atom is -0.363 e. The Hall–Kier alpha value is -2.50. The summed E-state index contributed by atoms with van der Waals surface area (Å²) in [7, 11) is 0. The first-order chi connectivity index (χ1) is 11.1. The van der Waals surface area contributed by atoms with Gasteiger partial charge in [-0.2, -0.15) is 0 Å². The maximum Gasteiger partial charge on any atom is 0.314 e. The molecule has 23 heavy (non-hydrogen) atoms. The van der Waals surface area contributed by atoms with Gasteiger partial charge in [-0.25, -0.2) is 4.98 Å². The largest absolute Gasteiger partial charge is 0.363 e. The lowest BCUT2D eigenvalue weighted by Gasteiger charge is -2.30. The van der Waals surface area contributed by atoms with Gasteiger partial charge in [-0.1, -0.05) is 12.8 Å². The second-order valence-electron chi connectivity index (χ2n) is 6.16. The summed E-state index contributed by atoms with van der Waals surface area (Å²) in [5, 5.41) is 14.5. The number of nitro groups is 1. The molecule has 0 aliphatic heterocycles. The maximum absolute atomic E-state index is 11.3. The molecule has 0 saturated heterocycles. The van der Waals surface area contributed by atoms with E-state index in [1.165, 1.54) is 18.4 Å². The van der Waals surface area contributed by atoms with Crippen molar-refractivity contribution in [2.24, 2.45) is 0 Å². The van der Waals surface area contributed by atoms with Crippen molar-refractivity contribution >= 4 is 11.5 Å². The van der Waals surface area contributed by atoms with Gasteiger partial charge in [-0.05, 0) is 43.5 Å². The number of nitrogens with one attached hydrogen (secondary N) is 1. The zero-order valence-corrected chi connectivity index (χ0v) is 13.2. The van der Waals surface area contributed by atoms with Gasteiger partial charge in [-0.15, -0.1) is 0 Å². The van der Waals surface area contributed by atoms with E-state index in [1.807, 2.05) is 24.5 Å². The normalized spacial score (nSPS) is 16.2. The van der Waals surface area contributed by atoms with Crippen LogP contribution in [0.2, 0.25) is 0 Å². The number of aromatic nitrogens is 2. The summed E-state index contributed by atoms with van der Waals surface area (Å²) in [4.78, 5) is 19.2. The van der Waals surface area contributed by atoms with Gasteiger partial charge in [0.2, 0.25) is 5.82 Å². The molecule has 0 atom stereocenters. The van der Waals surface area contributed by atoms with E-state index in [9.17, 15) is 10.1 Å². The van der Waals surface area contributed by atoms with Crippen molar-refractivity contribution in [3.8, 4) is 0 Å². The van der Waals surface area contributed by atoms with Gasteiger partial charge in [0.15, 0.2) is 0 Å². The Labute approximate surface area is 135 Å². The fraction of sp³-hybridized carbons (Fsp3) is 0.412. The number of hydrogen-bond donors (Lipinski definition) is 1. The first-order valence-corrected chi connectivity index (χ1v) is 7.87. The molecule has 1 N–H and O–H groups in total. The molecule has 1 fully saturated rings. The molecule has 1 saturated carbocycles. The standard InChI is InChI=1S/C17H20N4O2/c1-13-4-11-19-16(15(13)21(22)23)20-12-17(7-2-3-8-17)14-5-9-18-10-6-14/h4-6,9-11H,2-3,7-8,12H2,1H3,(H,19,20). The molecule has 2 aromatic rings. The molecular weight excluding hydrogens is 292 g/mol. The predicted octanol–water partition coefficient (Wildman–Crippen LogP) is 3.62. The highest BCUT2D eigenvalue weighted by Gasteiger charge is 2.36. The lowest BCUT2D eigenvalue weighted by Crippen LogP contribution is -2.32. The number of nitrogens with zero attached hydrogens (tertiary/aromatic N) is 3. The summed E-state index contributed by atoms with van der Waals surface area (Å²) in [5.74, 6) is 0.357. The molecule has 2 heterocycles. The minimum absolute atomic E-state index is 0.00222. The second-order valence-corrected chi connectivity index (χ2v) is 6.16. The third-order valence-electron chi connectivity index (χ3n) is 4.76. The molecule has 0 spiro atoms. The van der Waals surface area contributed by atoms with Crippen LogP contribution in [0.15, 0.2) is 36.8 Å². The lowest BCUT2D eigenvalue weighted by molar-refractivity contribution is -0.384. The van der Waals surface area contributed by atoms with Crippen molar-refractivity contribution in [2.75, 3.05) is 11.9 Å². The molecule has 6 heteroatoms. The highest BCUT2D eigenvalue weighted by molar-refractivity contribution is 5.60. The van der Waals surface area contributed by atoms with Crippen LogP contribution in [0.5, 0.6) is 0 Å². The first-order valence-electron chi connectivity index (χ1n) is 7.87. The average molecular weight is 312 g/mol. The maximum atomic E-state index is 11.3. The smallest absolute Gasteiger partial charge is 0.314 e. The zero-order chi connectivity index (χ0) is 16.3. The summed E-state index contributed by atoms with van der Waals surface area (Å²) in [6, 6.07) is 5.76. The molecule has 0 bridgehead atoms. The van der Waals surface area contributed by atoms with E-state index in [0.717, 1.165) is 12.8 Å². The first kappa shape index (κ1) is 15.4. The number of rotatable bonds is 5. The quantitative estimate of drug-likeness (QED) is 0.673. The van der Waals surface area contributed by atoms with Crippen LogP contribution in [0, 0.1) is 17.0 Å². The van der Waals surface area contributed by atoms with Crippen LogP contribution < -0.4 is 5.32 Å². The van der Waals surface area contributed by atoms with Gasteiger partial charge in [0.05, 0.1) is 4.92 Å². The summed E-state index contributed by atoms with van der Waals surface area (Å²) in [6.07, 6.45) is 9.72. The van der Waals surface area contributed by atoms with Crippen molar-refractivity contribution in [2.45, 2.75) is 38.0 Å². The van der Waals surface area contributed by atoms with Gasteiger partial charge in [0, 0.05) is 36.1 Å². The molecule has 0 aromatic carbocycles. The van der Waals surface area contributed by atoms with Crippen molar-refractivity contribution in [1.29, 1.82) is 0 Å². The van der Waals surface area contributed by atoms with Gasteiger partial charge in [-0.3, -0.25) is 15.1 Å². The van der Waals surface area contributed by atoms with E-state index >= 15 is 0 Å². The fourth-order valence-corrected chi connectivity index (χ4v) is 3.49. The van der Waals surface area contributed by atoms with E-state index in [-0.39, 0.29) is 16.0 Å². The van der Waals surface area contributed by atoms with Crippen molar-refractivity contribution < 1.29 is 4.92 Å². The molecule has 0 radical (unpaired) electrons. The third kappa shape index (κ3) is 3.02. The summed E-state index contributed by atoms with van der Waals surface area (Å²) < 4.78 is 0. The summed E-state index contributed by atoms with van der Waals surface area (Å²) in [5.41, 5.74) is 1.93. The molecular formula is C17H20N4O2. The molecule has 6 nitrogen and oxygen atoms in total. The lowest BCUT2D eigenvalue weighted by atomic mass is 9.79. The summed E-state index contributed by atoms with van der Waals surface area (Å²) in [6.45, 7) is 2.38. The Balaban J connectivity index is 1.87. The van der Waals surface area contributed by atoms with Gasteiger partial charge < -0.3 is 5.32 Å². The molecule has 1 aliphatic rings. The van der Waals surface area contributed by atoms with E-state index in [4.69, 9.17) is 0 Å². The molecule has 2 aromatic heterocycles. The highest BCUT2D eigenvalue weighted by Crippen LogP contribution is 2.41. The van der Waals surface area contributed by atoms with E-state index in [1.54, 1.807) is 19.2 Å². The average Bonchev–Trinajstić information content (AvgIpc) is 3.03. The Kier molecular flexibility index (Phi) is 4.23. The second kappa shape index (κ2) is 6.32. The van der Waals surface area contributed by atoms with Crippen molar-refractivity contribution in [3.63, 3.8) is 0 Å². The monoisotopic (exact) mass is 312 g/mol. The van der Waals surface area contributed by atoms with E-state index in [0.29, 0.717) is 17.9 Å². The van der Waals surface area contributed by atoms with Crippen molar-refractivity contribution in [3.05, 3.63) is 58.0 Å². The molecule has 3 rings (SSSR count). The molecule has 0 amide bonds. The Morgan fingerprint density at radius 2 is 1.91 bits per heavy atom. The molecule has 120 valence electrons. The molecule has 1 aliphatic carbocycles. The Morgan fingerprint density at radius 3 is 2.57 bits per heavy atom. The number of hydrogen-bond acceptors (Lipinski definition) is 5.